The van der Waals surface area contributed by atoms with Gasteiger partial charge in [0, 0.05) is 31.8 Å². The second kappa shape index (κ2) is 4.88. The van der Waals surface area contributed by atoms with Crippen LogP contribution in [0.15, 0.2) is 35.5 Å². The van der Waals surface area contributed by atoms with Crippen LogP contribution in [0.25, 0.3) is 0 Å². The molecule has 1 aliphatic rings. The van der Waals surface area contributed by atoms with Gasteiger partial charge in [-0.1, -0.05) is 30.3 Å². The van der Waals surface area contributed by atoms with Crippen LogP contribution in [0.3, 0.4) is 0 Å². The number of nitrogens with zero attached hydrogens (tertiary/aromatic N) is 2. The molecule has 3 nitrogen and oxygen atoms in total. The molecule has 1 aromatic rings. The lowest BCUT2D eigenvalue weighted by molar-refractivity contribution is 0.0525. The summed E-state index contributed by atoms with van der Waals surface area (Å²) in [5.74, 6) is 0. The Morgan fingerprint density at radius 1 is 1.35 bits per heavy atom. The van der Waals surface area contributed by atoms with E-state index in [4.69, 9.17) is 4.84 Å². The molecule has 1 aliphatic heterocycles. The van der Waals surface area contributed by atoms with Crippen molar-refractivity contribution in [1.82, 2.24) is 4.90 Å². The van der Waals surface area contributed by atoms with Gasteiger partial charge in [0.2, 0.25) is 0 Å². The summed E-state index contributed by atoms with van der Waals surface area (Å²) in [5, 5.41) is 3.53. The molecule has 1 atom stereocenters. The molecular weight excluding hydrogens is 212 g/mol. The Morgan fingerprint density at radius 3 is 2.71 bits per heavy atom. The lowest BCUT2D eigenvalue weighted by Gasteiger charge is -2.36. The highest BCUT2D eigenvalue weighted by Crippen LogP contribution is 2.31. The van der Waals surface area contributed by atoms with E-state index in [1.54, 1.807) is 0 Å². The quantitative estimate of drug-likeness (QED) is 0.589. The molecule has 1 saturated heterocycles. The molecule has 2 rings (SSSR count). The van der Waals surface area contributed by atoms with Gasteiger partial charge in [0.05, 0.1) is 0 Å². The number of rotatable bonds is 4. The Bertz CT molecular complexity index is 375. The average molecular weight is 232 g/mol. The predicted molar refractivity (Wildman–Crippen MR) is 70.1 cm³/mol. The van der Waals surface area contributed by atoms with Crippen molar-refractivity contribution >= 4 is 6.72 Å². The van der Waals surface area contributed by atoms with Crippen molar-refractivity contribution in [2.45, 2.75) is 31.9 Å². The molecule has 1 heterocycles. The van der Waals surface area contributed by atoms with Gasteiger partial charge >= 0.3 is 0 Å². The molecular formula is C14H20N2O. The van der Waals surface area contributed by atoms with Crippen molar-refractivity contribution in [2.24, 2.45) is 5.16 Å². The van der Waals surface area contributed by atoms with Crippen molar-refractivity contribution in [3.8, 4) is 0 Å². The SMILES string of the molecule is C=NO[C@@H]1CCN(C(C)(C)c2ccccc2)C1. The van der Waals surface area contributed by atoms with Crippen LogP contribution in [0.5, 0.6) is 0 Å². The van der Waals surface area contributed by atoms with Gasteiger partial charge < -0.3 is 4.84 Å². The smallest absolute Gasteiger partial charge is 0.141 e. The van der Waals surface area contributed by atoms with Gasteiger partial charge in [-0.05, 0) is 19.4 Å². The van der Waals surface area contributed by atoms with E-state index < -0.39 is 0 Å². The molecule has 0 radical (unpaired) electrons. The second-order valence-corrected chi connectivity index (χ2v) is 5.02. The summed E-state index contributed by atoms with van der Waals surface area (Å²) in [6.45, 7) is 9.85. The summed E-state index contributed by atoms with van der Waals surface area (Å²) in [6, 6.07) is 10.6. The number of oxime groups is 1. The van der Waals surface area contributed by atoms with Gasteiger partial charge in [0.25, 0.3) is 0 Å². The molecule has 17 heavy (non-hydrogen) atoms. The topological polar surface area (TPSA) is 24.8 Å². The number of benzene rings is 1. The molecule has 0 N–H and O–H groups in total. The summed E-state index contributed by atoms with van der Waals surface area (Å²) in [4.78, 5) is 7.68. The Hall–Kier alpha value is -1.35. The molecule has 0 spiro atoms. The maximum absolute atomic E-state index is 5.24. The largest absolute Gasteiger partial charge is 0.392 e. The minimum Gasteiger partial charge on any atom is -0.392 e. The third kappa shape index (κ3) is 2.50. The zero-order valence-corrected chi connectivity index (χ0v) is 10.6. The molecule has 0 saturated carbocycles. The first-order chi connectivity index (χ1) is 8.14. The van der Waals surface area contributed by atoms with Crippen LogP contribution in [-0.2, 0) is 10.4 Å². The molecule has 0 bridgehead atoms. The first-order valence-corrected chi connectivity index (χ1v) is 6.07. The van der Waals surface area contributed by atoms with Gasteiger partial charge in [-0.25, -0.2) is 0 Å². The number of hydrogen-bond acceptors (Lipinski definition) is 3. The fourth-order valence-electron chi connectivity index (χ4n) is 2.46. The van der Waals surface area contributed by atoms with Gasteiger partial charge in [-0.3, -0.25) is 4.90 Å². The fourth-order valence-corrected chi connectivity index (χ4v) is 2.46. The van der Waals surface area contributed by atoms with Crippen molar-refractivity contribution in [3.05, 3.63) is 35.9 Å². The van der Waals surface area contributed by atoms with Crippen LogP contribution in [0.4, 0.5) is 0 Å². The Morgan fingerprint density at radius 2 is 2.06 bits per heavy atom. The van der Waals surface area contributed by atoms with Gasteiger partial charge in [-0.2, -0.15) is 0 Å². The lowest BCUT2D eigenvalue weighted by Crippen LogP contribution is -2.40. The second-order valence-electron chi connectivity index (χ2n) is 5.02. The summed E-state index contributed by atoms with van der Waals surface area (Å²) < 4.78 is 0. The lowest BCUT2D eigenvalue weighted by atomic mass is 9.93. The third-order valence-electron chi connectivity index (χ3n) is 3.64. The van der Waals surface area contributed by atoms with E-state index in [2.05, 4.69) is 61.0 Å². The Kier molecular flexibility index (Phi) is 3.48. The van der Waals surface area contributed by atoms with E-state index in [-0.39, 0.29) is 11.6 Å². The highest BCUT2D eigenvalue weighted by Gasteiger charge is 2.35. The van der Waals surface area contributed by atoms with E-state index >= 15 is 0 Å². The molecule has 0 unspecified atom stereocenters. The minimum atomic E-state index is 0.0422. The first-order valence-electron chi connectivity index (χ1n) is 6.07. The highest BCUT2D eigenvalue weighted by atomic mass is 16.6. The molecule has 92 valence electrons. The summed E-state index contributed by atoms with van der Waals surface area (Å²) in [7, 11) is 0. The van der Waals surface area contributed by atoms with Crippen molar-refractivity contribution in [2.75, 3.05) is 13.1 Å². The van der Waals surface area contributed by atoms with Crippen LogP contribution in [0, 0.1) is 0 Å². The van der Waals surface area contributed by atoms with Crippen LogP contribution in [0.1, 0.15) is 25.8 Å². The molecule has 0 amide bonds. The van der Waals surface area contributed by atoms with E-state index in [1.807, 2.05) is 0 Å². The van der Waals surface area contributed by atoms with Crippen LogP contribution < -0.4 is 0 Å². The van der Waals surface area contributed by atoms with E-state index in [1.165, 1.54) is 5.56 Å². The van der Waals surface area contributed by atoms with Gasteiger partial charge in [-0.15, -0.1) is 5.16 Å². The summed E-state index contributed by atoms with van der Waals surface area (Å²) in [6.07, 6.45) is 1.21. The van der Waals surface area contributed by atoms with Crippen LogP contribution in [0.2, 0.25) is 0 Å². The average Bonchev–Trinajstić information content (AvgIpc) is 2.80. The highest BCUT2D eigenvalue weighted by molar-refractivity contribution is 5.23. The molecule has 0 aromatic heterocycles. The van der Waals surface area contributed by atoms with E-state index in [0.29, 0.717) is 0 Å². The number of hydrogen-bond donors (Lipinski definition) is 0. The Labute approximate surface area is 103 Å². The zero-order valence-electron chi connectivity index (χ0n) is 10.6. The van der Waals surface area contributed by atoms with Crippen molar-refractivity contribution < 1.29 is 4.84 Å². The molecule has 1 fully saturated rings. The molecule has 0 aliphatic carbocycles. The number of likely N-dealkylation sites (tertiary alicyclic amines) is 1. The fraction of sp³-hybridized carbons (Fsp3) is 0.500. The molecule has 1 aromatic carbocycles. The zero-order chi connectivity index (χ0) is 12.3. The molecule has 3 heteroatoms. The monoisotopic (exact) mass is 232 g/mol. The summed E-state index contributed by atoms with van der Waals surface area (Å²) in [5.41, 5.74) is 1.38. The third-order valence-corrected chi connectivity index (χ3v) is 3.64. The Balaban J connectivity index is 2.09. The summed E-state index contributed by atoms with van der Waals surface area (Å²) >= 11 is 0. The first kappa shape index (κ1) is 12.1. The standard InChI is InChI=1S/C14H20N2O/c1-14(2,12-7-5-4-6-8-12)16-10-9-13(11-16)17-15-3/h4-8,13H,3,9-11H2,1-2H3/t13-/m1/s1. The van der Waals surface area contributed by atoms with Crippen LogP contribution >= 0.6 is 0 Å². The normalized spacial score (nSPS) is 21.4. The van der Waals surface area contributed by atoms with E-state index in [9.17, 15) is 0 Å². The predicted octanol–water partition coefficient (Wildman–Crippen LogP) is 2.63. The van der Waals surface area contributed by atoms with Gasteiger partial charge in [0.1, 0.15) is 6.10 Å². The maximum Gasteiger partial charge on any atom is 0.141 e. The van der Waals surface area contributed by atoms with E-state index in [0.717, 1.165) is 19.5 Å². The van der Waals surface area contributed by atoms with Gasteiger partial charge in [0.15, 0.2) is 0 Å². The minimum absolute atomic E-state index is 0.0422. The van der Waals surface area contributed by atoms with Crippen molar-refractivity contribution in [3.63, 3.8) is 0 Å². The maximum atomic E-state index is 5.24. The van der Waals surface area contributed by atoms with Crippen LogP contribution in [-0.4, -0.2) is 30.8 Å². The van der Waals surface area contributed by atoms with Crippen molar-refractivity contribution in [1.29, 1.82) is 0 Å².